The van der Waals surface area contributed by atoms with Gasteiger partial charge in [-0.2, -0.15) is 18.3 Å². The third-order valence-electron chi connectivity index (χ3n) is 4.79. The van der Waals surface area contributed by atoms with Gasteiger partial charge in [-0.05, 0) is 48.0 Å². The molecular weight excluding hydrogens is 515 g/mol. The van der Waals surface area contributed by atoms with Crippen molar-refractivity contribution in [2.24, 2.45) is 5.10 Å². The summed E-state index contributed by atoms with van der Waals surface area (Å²) in [4.78, 5) is 24.4. The number of halogens is 4. The number of carbonyl (C=O) groups is 2. The highest BCUT2D eigenvalue weighted by Gasteiger charge is 2.27. The minimum atomic E-state index is -4.30. The van der Waals surface area contributed by atoms with E-state index in [0.29, 0.717) is 17.0 Å². The lowest BCUT2D eigenvalue weighted by molar-refractivity contribution is -0.127. The Morgan fingerprint density at radius 3 is 2.46 bits per heavy atom. The van der Waals surface area contributed by atoms with Crippen LogP contribution in [-0.4, -0.2) is 43.0 Å². The molecule has 0 aromatic heterocycles. The number of anilines is 1. The standard InChI is InChI=1S/C25H21ClF3N3O5/c1-36-22-11-18(31-23(34)14-37-19-7-2-15(3-8-19)12-25(27,28)29)6-4-17(22)13-30-32-24(35)16-5-9-21(33)20(26)10-16/h2-11,13,33H,12,14H2,1H3,(H,31,34)(H,32,35)/b30-13+. The van der Waals surface area contributed by atoms with Gasteiger partial charge in [0.2, 0.25) is 0 Å². The summed E-state index contributed by atoms with van der Waals surface area (Å²) in [5, 5.41) is 16.0. The van der Waals surface area contributed by atoms with Gasteiger partial charge in [0.15, 0.2) is 6.61 Å². The summed E-state index contributed by atoms with van der Waals surface area (Å²) in [7, 11) is 1.42. The molecule has 0 bridgehead atoms. The van der Waals surface area contributed by atoms with Crippen molar-refractivity contribution in [2.45, 2.75) is 12.6 Å². The maximum atomic E-state index is 12.4. The molecule has 2 amide bonds. The fourth-order valence-electron chi connectivity index (χ4n) is 3.05. The molecular formula is C25H21ClF3N3O5. The number of aromatic hydroxyl groups is 1. The first-order valence-electron chi connectivity index (χ1n) is 10.6. The number of nitrogens with one attached hydrogen (secondary N) is 2. The van der Waals surface area contributed by atoms with Crippen LogP contribution in [0, 0.1) is 0 Å². The van der Waals surface area contributed by atoms with Crippen molar-refractivity contribution in [3.63, 3.8) is 0 Å². The lowest BCUT2D eigenvalue weighted by Gasteiger charge is -2.11. The number of benzene rings is 3. The van der Waals surface area contributed by atoms with E-state index in [0.717, 1.165) is 0 Å². The highest BCUT2D eigenvalue weighted by molar-refractivity contribution is 6.32. The van der Waals surface area contributed by atoms with Gasteiger partial charge in [-0.25, -0.2) is 5.43 Å². The van der Waals surface area contributed by atoms with E-state index in [1.165, 1.54) is 61.9 Å². The number of hydrazone groups is 1. The summed E-state index contributed by atoms with van der Waals surface area (Å²) in [6.07, 6.45) is -4.01. The predicted octanol–water partition coefficient (Wildman–Crippen LogP) is 4.94. The number of amides is 2. The number of phenolic OH excluding ortho intramolecular Hbond substituents is 1. The minimum Gasteiger partial charge on any atom is -0.506 e. The highest BCUT2D eigenvalue weighted by Crippen LogP contribution is 2.25. The molecule has 0 fully saturated rings. The molecule has 0 heterocycles. The lowest BCUT2D eigenvalue weighted by Crippen LogP contribution is -2.20. The van der Waals surface area contributed by atoms with E-state index in [2.05, 4.69) is 15.8 Å². The Balaban J connectivity index is 1.54. The van der Waals surface area contributed by atoms with E-state index in [-0.39, 0.29) is 34.3 Å². The number of ether oxygens (including phenoxy) is 2. The smallest absolute Gasteiger partial charge is 0.393 e. The Labute approximate surface area is 214 Å². The molecule has 0 saturated heterocycles. The van der Waals surface area contributed by atoms with E-state index in [1.807, 2.05) is 0 Å². The number of nitrogens with zero attached hydrogens (tertiary/aromatic N) is 1. The molecule has 0 atom stereocenters. The van der Waals surface area contributed by atoms with Crippen LogP contribution < -0.4 is 20.2 Å². The van der Waals surface area contributed by atoms with E-state index in [9.17, 15) is 27.9 Å². The van der Waals surface area contributed by atoms with Crippen molar-refractivity contribution >= 4 is 35.3 Å². The van der Waals surface area contributed by atoms with Crippen LogP contribution in [0.4, 0.5) is 18.9 Å². The molecule has 3 aromatic carbocycles. The summed E-state index contributed by atoms with van der Waals surface area (Å²) in [5.74, 6) is -0.589. The Hall–Kier alpha value is -4.25. The van der Waals surface area contributed by atoms with E-state index < -0.39 is 24.4 Å². The van der Waals surface area contributed by atoms with Crippen LogP contribution in [-0.2, 0) is 11.2 Å². The zero-order chi connectivity index (χ0) is 27.0. The van der Waals surface area contributed by atoms with Crippen molar-refractivity contribution < 1.29 is 37.3 Å². The van der Waals surface area contributed by atoms with Gasteiger partial charge in [-0.1, -0.05) is 23.7 Å². The van der Waals surface area contributed by atoms with Crippen LogP contribution in [0.25, 0.3) is 0 Å². The van der Waals surface area contributed by atoms with Gasteiger partial charge < -0.3 is 19.9 Å². The lowest BCUT2D eigenvalue weighted by atomic mass is 10.1. The van der Waals surface area contributed by atoms with E-state index in [4.69, 9.17) is 21.1 Å². The summed E-state index contributed by atoms with van der Waals surface area (Å²) < 4.78 is 47.9. The maximum absolute atomic E-state index is 12.4. The fraction of sp³-hybridized carbons (Fsp3) is 0.160. The third-order valence-corrected chi connectivity index (χ3v) is 5.10. The molecule has 0 aliphatic heterocycles. The maximum Gasteiger partial charge on any atom is 0.393 e. The topological polar surface area (TPSA) is 109 Å². The molecule has 0 spiro atoms. The second-order valence-electron chi connectivity index (χ2n) is 7.59. The normalized spacial score (nSPS) is 11.3. The fourth-order valence-corrected chi connectivity index (χ4v) is 3.23. The molecule has 194 valence electrons. The average molecular weight is 536 g/mol. The Morgan fingerprint density at radius 1 is 1.08 bits per heavy atom. The molecule has 0 unspecified atom stereocenters. The largest absolute Gasteiger partial charge is 0.506 e. The van der Waals surface area contributed by atoms with Crippen molar-refractivity contribution in [3.8, 4) is 17.2 Å². The number of alkyl halides is 3. The summed E-state index contributed by atoms with van der Waals surface area (Å²) >= 11 is 5.80. The molecule has 0 aliphatic carbocycles. The van der Waals surface area contributed by atoms with Gasteiger partial charge in [0.05, 0.1) is 24.8 Å². The van der Waals surface area contributed by atoms with Crippen LogP contribution in [0.5, 0.6) is 17.2 Å². The van der Waals surface area contributed by atoms with Gasteiger partial charge in [-0.15, -0.1) is 0 Å². The van der Waals surface area contributed by atoms with Gasteiger partial charge in [0.25, 0.3) is 11.8 Å². The summed E-state index contributed by atoms with van der Waals surface area (Å²) in [5.41, 5.74) is 3.51. The number of hydrogen-bond acceptors (Lipinski definition) is 6. The quantitative estimate of drug-likeness (QED) is 0.266. The number of methoxy groups -OCH3 is 1. The van der Waals surface area contributed by atoms with Crippen LogP contribution in [0.2, 0.25) is 5.02 Å². The van der Waals surface area contributed by atoms with Crippen LogP contribution in [0.3, 0.4) is 0 Å². The van der Waals surface area contributed by atoms with Crippen molar-refractivity contribution in [3.05, 3.63) is 82.4 Å². The molecule has 3 rings (SSSR count). The molecule has 37 heavy (non-hydrogen) atoms. The van der Waals surface area contributed by atoms with Gasteiger partial charge in [0, 0.05) is 22.9 Å². The van der Waals surface area contributed by atoms with Gasteiger partial charge >= 0.3 is 6.18 Å². The highest BCUT2D eigenvalue weighted by atomic mass is 35.5. The molecule has 0 aliphatic rings. The second-order valence-corrected chi connectivity index (χ2v) is 8.00. The van der Waals surface area contributed by atoms with Crippen molar-refractivity contribution in [1.82, 2.24) is 5.43 Å². The monoisotopic (exact) mass is 535 g/mol. The van der Waals surface area contributed by atoms with Crippen molar-refractivity contribution in [1.29, 1.82) is 0 Å². The zero-order valence-corrected chi connectivity index (χ0v) is 20.1. The molecule has 0 saturated carbocycles. The Kier molecular flexibility index (Phi) is 8.96. The average Bonchev–Trinajstić information content (AvgIpc) is 2.85. The number of rotatable bonds is 9. The number of phenols is 1. The second kappa shape index (κ2) is 12.1. The minimum absolute atomic E-state index is 0.0279. The number of hydrogen-bond donors (Lipinski definition) is 3. The SMILES string of the molecule is COc1cc(NC(=O)COc2ccc(CC(F)(F)F)cc2)ccc1/C=N/NC(=O)c1ccc(O)c(Cl)c1. The van der Waals surface area contributed by atoms with Crippen LogP contribution in [0.1, 0.15) is 21.5 Å². The molecule has 8 nitrogen and oxygen atoms in total. The van der Waals surface area contributed by atoms with Crippen LogP contribution in [0.15, 0.2) is 65.8 Å². The van der Waals surface area contributed by atoms with E-state index >= 15 is 0 Å². The van der Waals surface area contributed by atoms with Gasteiger partial charge in [-0.3, -0.25) is 9.59 Å². The predicted molar refractivity (Wildman–Crippen MR) is 131 cm³/mol. The number of carbonyl (C=O) groups excluding carboxylic acids is 2. The Bertz CT molecular complexity index is 1300. The molecule has 12 heteroatoms. The van der Waals surface area contributed by atoms with Gasteiger partial charge in [0.1, 0.15) is 17.2 Å². The van der Waals surface area contributed by atoms with Crippen LogP contribution >= 0.6 is 11.6 Å². The first-order valence-corrected chi connectivity index (χ1v) is 11.0. The van der Waals surface area contributed by atoms with E-state index in [1.54, 1.807) is 12.1 Å². The molecule has 0 radical (unpaired) electrons. The first-order chi connectivity index (χ1) is 17.5. The first kappa shape index (κ1) is 27.3. The summed E-state index contributed by atoms with van der Waals surface area (Å²) in [6.45, 7) is -0.364. The third kappa shape index (κ3) is 8.43. The van der Waals surface area contributed by atoms with Crippen molar-refractivity contribution in [2.75, 3.05) is 19.0 Å². The molecule has 3 N–H and O–H groups in total. The zero-order valence-electron chi connectivity index (χ0n) is 19.3. The Morgan fingerprint density at radius 2 is 1.81 bits per heavy atom. The molecule has 3 aromatic rings. The summed E-state index contributed by atoms with van der Waals surface area (Å²) in [6, 6.07) is 14.0.